The third kappa shape index (κ3) is 3.84. The van der Waals surface area contributed by atoms with E-state index in [0.29, 0.717) is 12.1 Å². The van der Waals surface area contributed by atoms with Gasteiger partial charge in [-0.25, -0.2) is 4.39 Å². The van der Waals surface area contributed by atoms with Crippen LogP contribution in [0.5, 0.6) is 0 Å². The summed E-state index contributed by atoms with van der Waals surface area (Å²) in [4.78, 5) is 4.47. The summed E-state index contributed by atoms with van der Waals surface area (Å²) in [5, 5.41) is 6.61. The fourth-order valence-corrected chi connectivity index (χ4v) is 2.33. The van der Waals surface area contributed by atoms with Crippen molar-refractivity contribution >= 4 is 29.9 Å². The zero-order valence-electron chi connectivity index (χ0n) is 12.3. The first-order valence-corrected chi connectivity index (χ1v) is 6.90. The van der Waals surface area contributed by atoms with Crippen LogP contribution in [0, 0.1) is 12.7 Å². The van der Waals surface area contributed by atoms with Gasteiger partial charge in [-0.3, -0.25) is 4.99 Å². The van der Waals surface area contributed by atoms with Crippen LogP contribution >= 0.6 is 24.0 Å². The largest absolute Gasteiger partial charge is 0.352 e. The summed E-state index contributed by atoms with van der Waals surface area (Å²) in [6, 6.07) is 5.16. The monoisotopic (exact) mass is 391 g/mol. The molecule has 1 aromatic rings. The molecule has 1 aliphatic rings. The summed E-state index contributed by atoms with van der Waals surface area (Å²) in [6.45, 7) is 7.54. The lowest BCUT2D eigenvalue weighted by Gasteiger charge is -2.26. The SMILES string of the molecule is CCC1(CC)CN=C(NCc2cc(C)ccc2F)N1.I. The Hall–Kier alpha value is -0.850. The minimum Gasteiger partial charge on any atom is -0.352 e. The van der Waals surface area contributed by atoms with E-state index >= 15 is 0 Å². The predicted molar refractivity (Wildman–Crippen MR) is 92.1 cm³/mol. The van der Waals surface area contributed by atoms with Crippen LogP contribution in [0.15, 0.2) is 23.2 Å². The van der Waals surface area contributed by atoms with E-state index in [9.17, 15) is 4.39 Å². The van der Waals surface area contributed by atoms with Gasteiger partial charge in [0.2, 0.25) is 0 Å². The van der Waals surface area contributed by atoms with Crippen LogP contribution in [0.1, 0.15) is 37.8 Å². The lowest BCUT2D eigenvalue weighted by atomic mass is 9.94. The highest BCUT2D eigenvalue weighted by Gasteiger charge is 2.31. The molecule has 112 valence electrons. The van der Waals surface area contributed by atoms with Crippen LogP contribution in [-0.2, 0) is 6.54 Å². The Kier molecular flexibility index (Phi) is 6.23. The summed E-state index contributed by atoms with van der Waals surface area (Å²) >= 11 is 0. The number of benzene rings is 1. The average molecular weight is 391 g/mol. The average Bonchev–Trinajstić information content (AvgIpc) is 2.84. The first kappa shape index (κ1) is 17.2. The van der Waals surface area contributed by atoms with Crippen molar-refractivity contribution in [2.45, 2.75) is 45.7 Å². The highest BCUT2D eigenvalue weighted by molar-refractivity contribution is 14.0. The molecule has 0 saturated carbocycles. The number of rotatable bonds is 4. The van der Waals surface area contributed by atoms with Gasteiger partial charge in [-0.2, -0.15) is 0 Å². The van der Waals surface area contributed by atoms with Gasteiger partial charge in [0, 0.05) is 12.1 Å². The molecule has 1 heterocycles. The fraction of sp³-hybridized carbons (Fsp3) is 0.533. The molecule has 0 aromatic heterocycles. The summed E-state index contributed by atoms with van der Waals surface area (Å²) in [5.74, 6) is 0.610. The lowest BCUT2D eigenvalue weighted by Crippen LogP contribution is -2.48. The van der Waals surface area contributed by atoms with Crippen molar-refractivity contribution in [1.82, 2.24) is 10.6 Å². The number of aliphatic imine (C=N–C) groups is 1. The Morgan fingerprint density at radius 3 is 2.65 bits per heavy atom. The van der Waals surface area contributed by atoms with Crippen LogP contribution in [0.4, 0.5) is 4.39 Å². The van der Waals surface area contributed by atoms with E-state index in [4.69, 9.17) is 0 Å². The van der Waals surface area contributed by atoms with Gasteiger partial charge in [0.25, 0.3) is 0 Å². The van der Waals surface area contributed by atoms with Crippen LogP contribution in [0.3, 0.4) is 0 Å². The van der Waals surface area contributed by atoms with Crippen LogP contribution < -0.4 is 10.6 Å². The molecule has 1 aromatic carbocycles. The highest BCUT2D eigenvalue weighted by atomic mass is 127. The minimum atomic E-state index is -0.172. The molecule has 0 saturated heterocycles. The normalized spacial score (nSPS) is 16.1. The van der Waals surface area contributed by atoms with E-state index in [1.54, 1.807) is 6.07 Å². The molecular formula is C15H23FIN3. The quantitative estimate of drug-likeness (QED) is 0.773. The summed E-state index contributed by atoms with van der Waals surface area (Å²) in [5.41, 5.74) is 1.82. The zero-order chi connectivity index (χ0) is 13.9. The smallest absolute Gasteiger partial charge is 0.192 e. The molecule has 0 radical (unpaired) electrons. The highest BCUT2D eigenvalue weighted by Crippen LogP contribution is 2.19. The van der Waals surface area contributed by atoms with Crippen LogP contribution in [-0.4, -0.2) is 18.0 Å². The predicted octanol–water partition coefficient (Wildman–Crippen LogP) is 3.36. The Labute approximate surface area is 137 Å². The van der Waals surface area contributed by atoms with Crippen molar-refractivity contribution in [3.63, 3.8) is 0 Å². The standard InChI is InChI=1S/C15H22FN3.HI/c1-4-15(5-2)10-18-14(19-15)17-9-12-8-11(3)6-7-13(12)16;/h6-8H,4-5,9-10H2,1-3H3,(H2,17,18,19);1H. The number of nitrogens with zero attached hydrogens (tertiary/aromatic N) is 1. The van der Waals surface area contributed by atoms with Gasteiger partial charge in [-0.1, -0.05) is 31.5 Å². The maximum atomic E-state index is 13.6. The Balaban J connectivity index is 0.00000200. The molecule has 0 unspecified atom stereocenters. The molecule has 20 heavy (non-hydrogen) atoms. The van der Waals surface area contributed by atoms with Crippen molar-refractivity contribution in [2.75, 3.05) is 6.54 Å². The number of hydrogen-bond acceptors (Lipinski definition) is 3. The van der Waals surface area contributed by atoms with E-state index < -0.39 is 0 Å². The number of halogens is 2. The second kappa shape index (κ2) is 7.24. The fourth-order valence-electron chi connectivity index (χ4n) is 2.33. The van der Waals surface area contributed by atoms with Crippen molar-refractivity contribution in [3.05, 3.63) is 35.1 Å². The summed E-state index contributed by atoms with van der Waals surface area (Å²) in [7, 11) is 0. The van der Waals surface area contributed by atoms with E-state index in [1.807, 2.05) is 13.0 Å². The van der Waals surface area contributed by atoms with Crippen LogP contribution in [0.2, 0.25) is 0 Å². The van der Waals surface area contributed by atoms with Gasteiger partial charge in [0.1, 0.15) is 5.82 Å². The van der Waals surface area contributed by atoms with Gasteiger partial charge in [0.05, 0.1) is 12.1 Å². The first-order valence-electron chi connectivity index (χ1n) is 6.90. The van der Waals surface area contributed by atoms with E-state index in [-0.39, 0.29) is 35.3 Å². The Bertz CT molecular complexity index is 484. The lowest BCUT2D eigenvalue weighted by molar-refractivity contribution is 0.383. The molecule has 0 spiro atoms. The van der Waals surface area contributed by atoms with E-state index in [0.717, 1.165) is 30.9 Å². The van der Waals surface area contributed by atoms with E-state index in [2.05, 4.69) is 29.5 Å². The second-order valence-electron chi connectivity index (χ2n) is 5.23. The molecule has 0 atom stereocenters. The van der Waals surface area contributed by atoms with Gasteiger partial charge in [-0.15, -0.1) is 24.0 Å². The maximum Gasteiger partial charge on any atom is 0.192 e. The van der Waals surface area contributed by atoms with Crippen molar-refractivity contribution in [2.24, 2.45) is 4.99 Å². The minimum absolute atomic E-state index is 0. The molecule has 2 N–H and O–H groups in total. The molecule has 5 heteroatoms. The Morgan fingerprint density at radius 2 is 2.05 bits per heavy atom. The van der Waals surface area contributed by atoms with Gasteiger partial charge in [0.15, 0.2) is 5.96 Å². The molecule has 0 bridgehead atoms. The molecule has 0 fully saturated rings. The molecule has 0 aliphatic carbocycles. The summed E-state index contributed by atoms with van der Waals surface area (Å²) in [6.07, 6.45) is 2.08. The number of guanidine groups is 1. The number of nitrogens with one attached hydrogen (secondary N) is 2. The van der Waals surface area contributed by atoms with Gasteiger partial charge >= 0.3 is 0 Å². The third-order valence-corrected chi connectivity index (χ3v) is 3.92. The second-order valence-corrected chi connectivity index (χ2v) is 5.23. The topological polar surface area (TPSA) is 36.4 Å². The number of hydrogen-bond donors (Lipinski definition) is 2. The molecular weight excluding hydrogens is 368 g/mol. The molecule has 0 amide bonds. The summed E-state index contributed by atoms with van der Waals surface area (Å²) < 4.78 is 13.6. The Morgan fingerprint density at radius 1 is 1.35 bits per heavy atom. The van der Waals surface area contributed by atoms with E-state index in [1.165, 1.54) is 6.07 Å². The van der Waals surface area contributed by atoms with Gasteiger partial charge in [-0.05, 0) is 25.8 Å². The van der Waals surface area contributed by atoms with Gasteiger partial charge < -0.3 is 10.6 Å². The molecule has 2 rings (SSSR count). The maximum absolute atomic E-state index is 13.6. The molecule has 1 aliphatic heterocycles. The van der Waals surface area contributed by atoms with Crippen molar-refractivity contribution in [1.29, 1.82) is 0 Å². The van der Waals surface area contributed by atoms with Crippen molar-refractivity contribution in [3.8, 4) is 0 Å². The third-order valence-electron chi connectivity index (χ3n) is 3.92. The molecule has 3 nitrogen and oxygen atoms in total. The van der Waals surface area contributed by atoms with Crippen LogP contribution in [0.25, 0.3) is 0 Å². The number of aryl methyl sites for hydroxylation is 1. The first-order chi connectivity index (χ1) is 9.08. The van der Waals surface area contributed by atoms with Crippen molar-refractivity contribution < 1.29 is 4.39 Å². The zero-order valence-corrected chi connectivity index (χ0v) is 14.6.